The lowest BCUT2D eigenvalue weighted by Crippen LogP contribution is -2.46. The number of rotatable bonds is 3. The van der Waals surface area contributed by atoms with Gasteiger partial charge >= 0.3 is 0 Å². The van der Waals surface area contributed by atoms with Gasteiger partial charge in [-0.25, -0.2) is 0 Å². The van der Waals surface area contributed by atoms with E-state index in [4.69, 9.17) is 4.74 Å². The van der Waals surface area contributed by atoms with E-state index in [0.717, 1.165) is 48.2 Å². The molecule has 1 N–H and O–H groups in total. The van der Waals surface area contributed by atoms with E-state index < -0.39 is 0 Å². The molecule has 2 nitrogen and oxygen atoms in total. The van der Waals surface area contributed by atoms with Gasteiger partial charge in [0.25, 0.3) is 0 Å². The molecule has 6 unspecified atom stereocenters. The fourth-order valence-electron chi connectivity index (χ4n) is 7.36. The first-order valence-corrected chi connectivity index (χ1v) is 9.62. The van der Waals surface area contributed by atoms with Crippen LogP contribution in [0.4, 0.5) is 0 Å². The van der Waals surface area contributed by atoms with Gasteiger partial charge in [0, 0.05) is 12.6 Å². The standard InChI is InChI=1S/C19H31NO/c1-20-18(17-15-12-4-5-13(10-12)16(15)17)14-6-9-21-19(11-14)7-2-3-8-19/h12-18,20H,2-11H2,1H3. The molecule has 4 aliphatic carbocycles. The average Bonchev–Trinajstić information content (AvgIpc) is 2.88. The van der Waals surface area contributed by atoms with Crippen molar-refractivity contribution in [3.05, 3.63) is 0 Å². The quantitative estimate of drug-likeness (QED) is 0.857. The second-order valence-corrected chi connectivity index (χ2v) is 8.87. The van der Waals surface area contributed by atoms with Gasteiger partial charge in [0.15, 0.2) is 0 Å². The van der Waals surface area contributed by atoms with Gasteiger partial charge in [0.1, 0.15) is 0 Å². The molecule has 4 saturated carbocycles. The van der Waals surface area contributed by atoms with Crippen molar-refractivity contribution in [1.82, 2.24) is 5.32 Å². The maximum absolute atomic E-state index is 6.27. The maximum Gasteiger partial charge on any atom is 0.0685 e. The second-order valence-electron chi connectivity index (χ2n) is 8.87. The average molecular weight is 289 g/mol. The van der Waals surface area contributed by atoms with Crippen LogP contribution >= 0.6 is 0 Å². The molecule has 5 rings (SSSR count). The van der Waals surface area contributed by atoms with Crippen LogP contribution in [0.5, 0.6) is 0 Å². The zero-order valence-electron chi connectivity index (χ0n) is 13.5. The van der Waals surface area contributed by atoms with Crippen molar-refractivity contribution in [3.8, 4) is 0 Å². The van der Waals surface area contributed by atoms with Crippen LogP contribution in [-0.4, -0.2) is 25.3 Å². The summed E-state index contributed by atoms with van der Waals surface area (Å²) in [5.74, 6) is 6.37. The molecule has 0 aromatic heterocycles. The van der Waals surface area contributed by atoms with E-state index in [1.54, 1.807) is 19.3 Å². The topological polar surface area (TPSA) is 21.3 Å². The Labute approximate surface area is 129 Å². The molecular formula is C19H31NO. The van der Waals surface area contributed by atoms with Crippen LogP contribution in [0.15, 0.2) is 0 Å². The number of hydrogen-bond acceptors (Lipinski definition) is 2. The smallest absolute Gasteiger partial charge is 0.0685 e. The zero-order valence-corrected chi connectivity index (χ0v) is 13.5. The minimum atomic E-state index is 0.293. The lowest BCUT2D eigenvalue weighted by atomic mass is 9.77. The van der Waals surface area contributed by atoms with Crippen molar-refractivity contribution < 1.29 is 4.74 Å². The molecule has 2 heteroatoms. The SMILES string of the molecule is CNC(C1CCOC2(CCCC2)C1)C1C2C3CCC(C3)C21. The maximum atomic E-state index is 6.27. The Hall–Kier alpha value is -0.0800. The first-order chi connectivity index (χ1) is 10.3. The van der Waals surface area contributed by atoms with E-state index in [1.165, 1.54) is 38.5 Å². The Kier molecular flexibility index (Phi) is 3.00. The van der Waals surface area contributed by atoms with Crippen molar-refractivity contribution in [1.29, 1.82) is 0 Å². The summed E-state index contributed by atoms with van der Waals surface area (Å²) in [4.78, 5) is 0. The Morgan fingerprint density at radius 1 is 1.05 bits per heavy atom. The van der Waals surface area contributed by atoms with Gasteiger partial charge in [0.05, 0.1) is 5.60 Å². The molecule has 0 aromatic carbocycles. The van der Waals surface area contributed by atoms with E-state index >= 15 is 0 Å². The predicted octanol–water partition coefficient (Wildman–Crippen LogP) is 3.61. The van der Waals surface area contributed by atoms with Gasteiger partial charge in [-0.15, -0.1) is 0 Å². The molecule has 0 aromatic rings. The predicted molar refractivity (Wildman–Crippen MR) is 84.0 cm³/mol. The van der Waals surface area contributed by atoms with E-state index in [9.17, 15) is 0 Å². The lowest BCUT2D eigenvalue weighted by molar-refractivity contribution is -0.0993. The summed E-state index contributed by atoms with van der Waals surface area (Å²) in [5.41, 5.74) is 0.293. The highest BCUT2D eigenvalue weighted by molar-refractivity contribution is 5.16. The number of ether oxygens (including phenoxy) is 1. The van der Waals surface area contributed by atoms with Crippen molar-refractivity contribution in [3.63, 3.8) is 0 Å². The summed E-state index contributed by atoms with van der Waals surface area (Å²) in [6.07, 6.45) is 12.8. The molecule has 1 saturated heterocycles. The van der Waals surface area contributed by atoms with Gasteiger partial charge in [-0.05, 0) is 87.5 Å². The van der Waals surface area contributed by atoms with E-state index in [2.05, 4.69) is 12.4 Å². The van der Waals surface area contributed by atoms with Gasteiger partial charge in [-0.2, -0.15) is 0 Å². The summed E-state index contributed by atoms with van der Waals surface area (Å²) in [6, 6.07) is 0.796. The van der Waals surface area contributed by atoms with Gasteiger partial charge in [-0.3, -0.25) is 0 Å². The van der Waals surface area contributed by atoms with Crippen LogP contribution in [0.2, 0.25) is 0 Å². The van der Waals surface area contributed by atoms with E-state index in [1.807, 2.05) is 0 Å². The molecule has 0 radical (unpaired) electrons. The fraction of sp³-hybridized carbons (Fsp3) is 1.00. The molecule has 5 fully saturated rings. The van der Waals surface area contributed by atoms with Crippen LogP contribution in [0.1, 0.15) is 57.8 Å². The summed E-state index contributed by atoms with van der Waals surface area (Å²) in [5, 5.41) is 3.78. The summed E-state index contributed by atoms with van der Waals surface area (Å²) in [6.45, 7) is 1.03. The number of hydrogen-bond donors (Lipinski definition) is 1. The van der Waals surface area contributed by atoms with E-state index in [-0.39, 0.29) is 0 Å². The Balaban J connectivity index is 1.32. The Morgan fingerprint density at radius 3 is 2.43 bits per heavy atom. The van der Waals surface area contributed by atoms with Crippen molar-refractivity contribution in [2.45, 2.75) is 69.4 Å². The molecule has 1 spiro atoms. The minimum absolute atomic E-state index is 0.293. The zero-order chi connectivity index (χ0) is 14.0. The van der Waals surface area contributed by atoms with Crippen LogP contribution in [0.25, 0.3) is 0 Å². The summed E-state index contributed by atoms with van der Waals surface area (Å²) in [7, 11) is 2.23. The van der Waals surface area contributed by atoms with Gasteiger partial charge in [-0.1, -0.05) is 12.8 Å². The third kappa shape index (κ3) is 1.91. The number of nitrogens with one attached hydrogen (secondary N) is 1. The van der Waals surface area contributed by atoms with Crippen molar-refractivity contribution in [2.75, 3.05) is 13.7 Å². The van der Waals surface area contributed by atoms with Crippen molar-refractivity contribution in [2.24, 2.45) is 35.5 Å². The van der Waals surface area contributed by atoms with Crippen LogP contribution < -0.4 is 5.32 Å². The second kappa shape index (κ2) is 4.71. The first-order valence-electron chi connectivity index (χ1n) is 9.62. The highest BCUT2D eigenvalue weighted by atomic mass is 16.5. The minimum Gasteiger partial charge on any atom is -0.375 e. The normalized spacial score (nSPS) is 51.3. The van der Waals surface area contributed by atoms with Crippen molar-refractivity contribution >= 4 is 0 Å². The molecular weight excluding hydrogens is 258 g/mol. The highest BCUT2D eigenvalue weighted by Gasteiger charge is 2.67. The highest BCUT2D eigenvalue weighted by Crippen LogP contribution is 2.71. The molecule has 5 aliphatic rings. The lowest BCUT2D eigenvalue weighted by Gasteiger charge is -2.42. The van der Waals surface area contributed by atoms with Gasteiger partial charge < -0.3 is 10.1 Å². The van der Waals surface area contributed by atoms with Crippen LogP contribution in [-0.2, 0) is 4.74 Å². The first kappa shape index (κ1) is 13.4. The summed E-state index contributed by atoms with van der Waals surface area (Å²) < 4.78 is 6.27. The third-order valence-corrected chi connectivity index (χ3v) is 8.10. The Morgan fingerprint density at radius 2 is 1.76 bits per heavy atom. The van der Waals surface area contributed by atoms with Crippen LogP contribution in [0.3, 0.4) is 0 Å². The molecule has 2 bridgehead atoms. The number of fused-ring (bicyclic) bond motifs is 5. The Bertz CT molecular complexity index is 400. The molecule has 1 heterocycles. The third-order valence-electron chi connectivity index (χ3n) is 8.10. The summed E-state index contributed by atoms with van der Waals surface area (Å²) >= 11 is 0. The van der Waals surface area contributed by atoms with Gasteiger partial charge in [0.2, 0.25) is 0 Å². The molecule has 6 atom stereocenters. The molecule has 0 amide bonds. The molecule has 1 aliphatic heterocycles. The molecule has 21 heavy (non-hydrogen) atoms. The molecule has 118 valence electrons. The fourth-order valence-corrected chi connectivity index (χ4v) is 7.36. The largest absolute Gasteiger partial charge is 0.375 e. The monoisotopic (exact) mass is 289 g/mol. The van der Waals surface area contributed by atoms with E-state index in [0.29, 0.717) is 5.60 Å². The van der Waals surface area contributed by atoms with Crippen LogP contribution in [0, 0.1) is 35.5 Å².